The number of nitrogens with one attached hydrogen (secondary N) is 2. The van der Waals surface area contributed by atoms with Gasteiger partial charge in [0.1, 0.15) is 11.6 Å². The summed E-state index contributed by atoms with van der Waals surface area (Å²) < 4.78 is 1.12. The van der Waals surface area contributed by atoms with E-state index >= 15 is 0 Å². The fourth-order valence-corrected chi connectivity index (χ4v) is 4.22. The van der Waals surface area contributed by atoms with Crippen LogP contribution in [0.2, 0.25) is 0 Å². The highest BCUT2D eigenvalue weighted by molar-refractivity contribution is 7.17. The summed E-state index contributed by atoms with van der Waals surface area (Å²) in [4.78, 5) is 22.1. The first-order valence-corrected chi connectivity index (χ1v) is 11.0. The summed E-state index contributed by atoms with van der Waals surface area (Å²) in [6.07, 6.45) is 3.02. The van der Waals surface area contributed by atoms with Gasteiger partial charge in [-0.15, -0.1) is 11.3 Å². The van der Waals surface area contributed by atoms with E-state index in [1.807, 2.05) is 61.5 Å². The maximum absolute atomic E-state index is 12.6. The Bertz CT molecular complexity index is 1230. The molecule has 5 rings (SSSR count). The molecule has 0 unspecified atom stereocenters. The normalized spacial score (nSPS) is 13.4. The molecule has 4 aromatic rings. The summed E-state index contributed by atoms with van der Waals surface area (Å²) >= 11 is 1.67. The van der Waals surface area contributed by atoms with Gasteiger partial charge < -0.3 is 10.6 Å². The second-order valence-electron chi connectivity index (χ2n) is 7.74. The standard InChI is InChI=1S/C24H22N4OS/c1-15-4-2-6-17(12-15)24(29)26-19-7-3-5-16(13-19)14-21-27-20-10-11-30-22(20)23(28-21)25-18-8-9-18/h2-7,10-13,18H,8-9,14H2,1H3,(H,26,29)(H,25,27,28). The van der Waals surface area contributed by atoms with Crippen molar-refractivity contribution in [1.29, 1.82) is 0 Å². The Morgan fingerprint density at radius 3 is 2.80 bits per heavy atom. The number of carbonyl (C=O) groups excluding carboxylic acids is 1. The van der Waals surface area contributed by atoms with Gasteiger partial charge in [-0.05, 0) is 61.0 Å². The van der Waals surface area contributed by atoms with Crippen molar-refractivity contribution < 1.29 is 4.79 Å². The average molecular weight is 415 g/mol. The van der Waals surface area contributed by atoms with Crippen molar-refractivity contribution in [2.24, 2.45) is 0 Å². The summed E-state index contributed by atoms with van der Waals surface area (Å²) in [7, 11) is 0. The van der Waals surface area contributed by atoms with E-state index in [4.69, 9.17) is 9.97 Å². The molecule has 1 amide bonds. The number of carbonyl (C=O) groups is 1. The van der Waals surface area contributed by atoms with Crippen LogP contribution in [-0.2, 0) is 6.42 Å². The van der Waals surface area contributed by atoms with Crippen LogP contribution in [0.25, 0.3) is 10.2 Å². The Hall–Kier alpha value is -3.25. The third-order valence-corrected chi connectivity index (χ3v) is 6.01. The number of amides is 1. The smallest absolute Gasteiger partial charge is 0.255 e. The van der Waals surface area contributed by atoms with Gasteiger partial charge in [0.15, 0.2) is 0 Å². The van der Waals surface area contributed by atoms with Crippen LogP contribution >= 0.6 is 11.3 Å². The minimum Gasteiger partial charge on any atom is -0.366 e. The second-order valence-corrected chi connectivity index (χ2v) is 8.66. The molecule has 0 aliphatic heterocycles. The van der Waals surface area contributed by atoms with E-state index in [2.05, 4.69) is 16.0 Å². The largest absolute Gasteiger partial charge is 0.366 e. The van der Waals surface area contributed by atoms with Gasteiger partial charge in [-0.1, -0.05) is 29.8 Å². The van der Waals surface area contributed by atoms with E-state index in [1.54, 1.807) is 11.3 Å². The molecule has 150 valence electrons. The average Bonchev–Trinajstić information content (AvgIpc) is 3.41. The lowest BCUT2D eigenvalue weighted by atomic mass is 10.1. The highest BCUT2D eigenvalue weighted by atomic mass is 32.1. The first-order chi connectivity index (χ1) is 14.6. The molecule has 1 fully saturated rings. The zero-order chi connectivity index (χ0) is 20.5. The van der Waals surface area contributed by atoms with E-state index in [0.29, 0.717) is 18.0 Å². The molecule has 2 N–H and O–H groups in total. The molecule has 0 atom stereocenters. The predicted molar refractivity (Wildman–Crippen MR) is 122 cm³/mol. The Kier molecular flexibility index (Phi) is 4.93. The van der Waals surface area contributed by atoms with Crippen LogP contribution < -0.4 is 10.6 Å². The first-order valence-electron chi connectivity index (χ1n) is 10.1. The van der Waals surface area contributed by atoms with Crippen molar-refractivity contribution in [3.63, 3.8) is 0 Å². The Morgan fingerprint density at radius 2 is 1.97 bits per heavy atom. The van der Waals surface area contributed by atoms with Gasteiger partial charge in [-0.25, -0.2) is 9.97 Å². The van der Waals surface area contributed by atoms with E-state index in [9.17, 15) is 4.79 Å². The van der Waals surface area contributed by atoms with E-state index in [-0.39, 0.29) is 5.91 Å². The predicted octanol–water partition coefficient (Wildman–Crippen LogP) is 5.42. The molecular formula is C24H22N4OS. The number of aryl methyl sites for hydroxylation is 1. The van der Waals surface area contributed by atoms with Crippen molar-refractivity contribution in [3.8, 4) is 0 Å². The van der Waals surface area contributed by atoms with E-state index in [0.717, 1.165) is 38.7 Å². The maximum atomic E-state index is 12.6. The van der Waals surface area contributed by atoms with Crippen LogP contribution in [0.3, 0.4) is 0 Å². The molecule has 1 aliphatic carbocycles. The summed E-state index contributed by atoms with van der Waals surface area (Å²) in [5.74, 6) is 1.62. The quantitative estimate of drug-likeness (QED) is 0.442. The third-order valence-electron chi connectivity index (χ3n) is 5.10. The molecule has 2 aromatic carbocycles. The molecule has 30 heavy (non-hydrogen) atoms. The van der Waals surface area contributed by atoms with Crippen LogP contribution in [0, 0.1) is 6.92 Å². The van der Waals surface area contributed by atoms with Gasteiger partial charge in [0.25, 0.3) is 5.91 Å². The molecule has 0 radical (unpaired) electrons. The number of nitrogens with zero attached hydrogens (tertiary/aromatic N) is 2. The number of anilines is 2. The molecular weight excluding hydrogens is 392 g/mol. The third kappa shape index (κ3) is 4.19. The number of hydrogen-bond acceptors (Lipinski definition) is 5. The number of rotatable bonds is 6. The number of fused-ring (bicyclic) bond motifs is 1. The number of hydrogen-bond donors (Lipinski definition) is 2. The van der Waals surface area contributed by atoms with Crippen LogP contribution in [0.5, 0.6) is 0 Å². The lowest BCUT2D eigenvalue weighted by molar-refractivity contribution is 0.102. The minimum absolute atomic E-state index is 0.109. The van der Waals surface area contributed by atoms with Gasteiger partial charge >= 0.3 is 0 Å². The Morgan fingerprint density at radius 1 is 1.10 bits per heavy atom. The summed E-state index contributed by atoms with van der Waals surface area (Å²) in [5, 5.41) is 8.58. The monoisotopic (exact) mass is 414 g/mol. The summed E-state index contributed by atoms with van der Waals surface area (Å²) in [6, 6.07) is 18.1. The molecule has 2 heterocycles. The molecule has 0 spiro atoms. The number of benzene rings is 2. The summed E-state index contributed by atoms with van der Waals surface area (Å²) in [6.45, 7) is 1.98. The van der Waals surface area contributed by atoms with Crippen molar-refractivity contribution in [2.45, 2.75) is 32.2 Å². The molecule has 1 aliphatic rings. The molecule has 2 aromatic heterocycles. The van der Waals surface area contributed by atoms with E-state index in [1.165, 1.54) is 12.8 Å². The van der Waals surface area contributed by atoms with Gasteiger partial charge in [-0.3, -0.25) is 4.79 Å². The lowest BCUT2D eigenvalue weighted by Gasteiger charge is -2.10. The van der Waals surface area contributed by atoms with Crippen LogP contribution in [-0.4, -0.2) is 21.9 Å². The van der Waals surface area contributed by atoms with Crippen molar-refractivity contribution in [1.82, 2.24) is 9.97 Å². The fraction of sp³-hybridized carbons (Fsp3) is 0.208. The first kappa shape index (κ1) is 18.8. The van der Waals surface area contributed by atoms with Gasteiger partial charge in [0, 0.05) is 23.7 Å². The van der Waals surface area contributed by atoms with Gasteiger partial charge in [-0.2, -0.15) is 0 Å². The number of aromatic nitrogens is 2. The molecule has 6 heteroatoms. The number of thiophene rings is 1. The van der Waals surface area contributed by atoms with Crippen molar-refractivity contribution >= 4 is 39.0 Å². The van der Waals surface area contributed by atoms with E-state index < -0.39 is 0 Å². The Labute approximate surface area is 179 Å². The van der Waals surface area contributed by atoms with Crippen molar-refractivity contribution in [3.05, 3.63) is 82.5 Å². The van der Waals surface area contributed by atoms with Crippen LogP contribution in [0.15, 0.2) is 60.0 Å². The lowest BCUT2D eigenvalue weighted by Crippen LogP contribution is -2.12. The second kappa shape index (κ2) is 7.88. The van der Waals surface area contributed by atoms with Crippen LogP contribution in [0.1, 0.15) is 40.2 Å². The highest BCUT2D eigenvalue weighted by Gasteiger charge is 2.23. The van der Waals surface area contributed by atoms with Crippen molar-refractivity contribution in [2.75, 3.05) is 10.6 Å². The SMILES string of the molecule is Cc1cccc(C(=O)Nc2cccc(Cc3nc(NC4CC4)c4sccc4n3)c2)c1. The zero-order valence-corrected chi connectivity index (χ0v) is 17.5. The minimum atomic E-state index is -0.109. The Balaban J connectivity index is 1.36. The topological polar surface area (TPSA) is 66.9 Å². The molecule has 5 nitrogen and oxygen atoms in total. The zero-order valence-electron chi connectivity index (χ0n) is 16.7. The molecule has 1 saturated carbocycles. The van der Waals surface area contributed by atoms with Gasteiger partial charge in [0.2, 0.25) is 0 Å². The molecule has 0 bridgehead atoms. The van der Waals surface area contributed by atoms with Gasteiger partial charge in [0.05, 0.1) is 10.2 Å². The maximum Gasteiger partial charge on any atom is 0.255 e. The molecule has 0 saturated heterocycles. The highest BCUT2D eigenvalue weighted by Crippen LogP contribution is 2.31. The summed E-state index contributed by atoms with van der Waals surface area (Å²) in [5.41, 5.74) is 4.53. The fourth-order valence-electron chi connectivity index (χ4n) is 3.44. The van der Waals surface area contributed by atoms with Crippen LogP contribution in [0.4, 0.5) is 11.5 Å².